The third kappa shape index (κ3) is 4.14. The number of hydrogen-bond donors (Lipinski definition) is 3. The molecule has 7 nitrogen and oxygen atoms in total. The highest BCUT2D eigenvalue weighted by molar-refractivity contribution is 6.04. The van der Waals surface area contributed by atoms with Crippen molar-refractivity contribution in [2.24, 2.45) is 0 Å². The normalized spacial score (nSPS) is 14.0. The van der Waals surface area contributed by atoms with Gasteiger partial charge in [-0.3, -0.25) is 9.89 Å². The van der Waals surface area contributed by atoms with Crippen LogP contribution in [-0.2, 0) is 0 Å². The van der Waals surface area contributed by atoms with Crippen LogP contribution in [0.2, 0.25) is 0 Å². The number of anilines is 2. The minimum atomic E-state index is -0.247. The maximum absolute atomic E-state index is 12.6. The van der Waals surface area contributed by atoms with E-state index in [9.17, 15) is 4.79 Å². The summed E-state index contributed by atoms with van der Waals surface area (Å²) in [6.07, 6.45) is 6.20. The summed E-state index contributed by atoms with van der Waals surface area (Å²) in [5, 5.41) is 10.8. The molecule has 1 aromatic carbocycles. The third-order valence-corrected chi connectivity index (χ3v) is 6.55. The van der Waals surface area contributed by atoms with E-state index in [1.54, 1.807) is 11.8 Å². The Labute approximate surface area is 192 Å². The highest BCUT2D eigenvalue weighted by atomic mass is 16.1. The number of hydrogen-bond acceptors (Lipinski definition) is 4. The molecule has 3 N–H and O–H groups in total. The highest BCUT2D eigenvalue weighted by Gasteiger charge is 2.16. The first kappa shape index (κ1) is 21.0. The van der Waals surface area contributed by atoms with Crippen LogP contribution < -0.4 is 10.2 Å². The molecular weight excluding hydrogens is 412 g/mol. The van der Waals surface area contributed by atoms with E-state index < -0.39 is 0 Å². The number of pyridine rings is 1. The summed E-state index contributed by atoms with van der Waals surface area (Å²) in [6, 6.07) is 12.7. The van der Waals surface area contributed by atoms with E-state index in [-0.39, 0.29) is 5.91 Å². The van der Waals surface area contributed by atoms with Crippen LogP contribution in [-0.4, -0.2) is 39.2 Å². The van der Waals surface area contributed by atoms with Gasteiger partial charge >= 0.3 is 0 Å². The Morgan fingerprint density at radius 3 is 2.55 bits per heavy atom. The molecule has 1 amide bonds. The lowest BCUT2D eigenvalue weighted by Crippen LogP contribution is -2.30. The Morgan fingerprint density at radius 1 is 1.12 bits per heavy atom. The van der Waals surface area contributed by atoms with Gasteiger partial charge in [0, 0.05) is 41.1 Å². The van der Waals surface area contributed by atoms with E-state index in [1.165, 1.54) is 5.69 Å². The molecule has 1 aliphatic rings. The first-order chi connectivity index (χ1) is 16.0. The van der Waals surface area contributed by atoms with Crippen LogP contribution in [0.25, 0.3) is 22.3 Å². The number of carbonyl (C=O) groups is 1. The number of rotatable bonds is 4. The van der Waals surface area contributed by atoms with Crippen molar-refractivity contribution >= 4 is 28.3 Å². The Bertz CT molecular complexity index is 1340. The van der Waals surface area contributed by atoms with Crippen LogP contribution in [0.5, 0.6) is 0 Å². The van der Waals surface area contributed by atoms with Crippen molar-refractivity contribution in [3.63, 3.8) is 0 Å². The van der Waals surface area contributed by atoms with E-state index in [4.69, 9.17) is 0 Å². The van der Waals surface area contributed by atoms with Crippen LogP contribution in [0.1, 0.15) is 41.5 Å². The summed E-state index contributed by atoms with van der Waals surface area (Å²) < 4.78 is 0. The fourth-order valence-corrected chi connectivity index (χ4v) is 4.33. The fourth-order valence-electron chi connectivity index (χ4n) is 4.33. The van der Waals surface area contributed by atoms with Gasteiger partial charge < -0.3 is 15.2 Å². The molecule has 168 valence electrons. The van der Waals surface area contributed by atoms with E-state index in [0.717, 1.165) is 59.5 Å². The van der Waals surface area contributed by atoms with Gasteiger partial charge in [0.25, 0.3) is 5.91 Å². The summed E-state index contributed by atoms with van der Waals surface area (Å²) in [7, 11) is 0. The molecule has 0 radical (unpaired) electrons. The smallest absolute Gasteiger partial charge is 0.276 e. The standard InChI is InChI=1S/C26H28N6O/c1-4-18-9-11-32(12-10-18)22-7-5-19(6-8-22)23-14-20-13-21(15-27-25(20)29-23)28-26(33)24-16(2)17(3)30-31-24/h4-8,13-15H,9-12H2,1-3H3,(H,27,29)(H,28,33)(H,30,31). The number of carbonyl (C=O) groups excluding carboxylic acids is 1. The van der Waals surface area contributed by atoms with Gasteiger partial charge in [-0.1, -0.05) is 23.8 Å². The summed E-state index contributed by atoms with van der Waals surface area (Å²) in [5.74, 6) is -0.247. The molecule has 0 aliphatic carbocycles. The molecule has 1 aliphatic heterocycles. The van der Waals surface area contributed by atoms with Crippen LogP contribution >= 0.6 is 0 Å². The van der Waals surface area contributed by atoms with Crippen molar-refractivity contribution in [3.05, 3.63) is 71.2 Å². The summed E-state index contributed by atoms with van der Waals surface area (Å²) in [5.41, 5.74) is 8.48. The molecule has 5 rings (SSSR count). The monoisotopic (exact) mass is 440 g/mol. The minimum Gasteiger partial charge on any atom is -0.371 e. The number of aromatic nitrogens is 4. The van der Waals surface area contributed by atoms with Gasteiger partial charge in [-0.15, -0.1) is 0 Å². The Morgan fingerprint density at radius 2 is 1.88 bits per heavy atom. The van der Waals surface area contributed by atoms with Crippen LogP contribution in [0.15, 0.2) is 54.2 Å². The van der Waals surface area contributed by atoms with Crippen molar-refractivity contribution in [2.75, 3.05) is 23.3 Å². The summed E-state index contributed by atoms with van der Waals surface area (Å²) in [4.78, 5) is 22.9. The number of fused-ring (bicyclic) bond motifs is 1. The molecular formula is C26H28N6O. The van der Waals surface area contributed by atoms with E-state index in [2.05, 4.69) is 73.7 Å². The molecule has 4 aromatic rings. The van der Waals surface area contributed by atoms with Crippen molar-refractivity contribution in [1.82, 2.24) is 20.2 Å². The van der Waals surface area contributed by atoms with Gasteiger partial charge in [-0.05, 0) is 63.4 Å². The topological polar surface area (TPSA) is 89.7 Å². The number of aryl methyl sites for hydroxylation is 1. The van der Waals surface area contributed by atoms with Gasteiger partial charge in [-0.2, -0.15) is 5.10 Å². The van der Waals surface area contributed by atoms with Crippen LogP contribution in [0.4, 0.5) is 11.4 Å². The second kappa shape index (κ2) is 8.58. The molecule has 7 heteroatoms. The predicted molar refractivity (Wildman–Crippen MR) is 133 cm³/mol. The third-order valence-electron chi connectivity index (χ3n) is 6.55. The molecule has 0 bridgehead atoms. The van der Waals surface area contributed by atoms with E-state index in [1.807, 2.05) is 19.9 Å². The molecule has 3 aromatic heterocycles. The first-order valence-corrected chi connectivity index (χ1v) is 11.3. The van der Waals surface area contributed by atoms with Crippen molar-refractivity contribution in [1.29, 1.82) is 0 Å². The van der Waals surface area contributed by atoms with Gasteiger partial charge in [0.05, 0.1) is 11.9 Å². The quantitative estimate of drug-likeness (QED) is 0.372. The maximum Gasteiger partial charge on any atom is 0.276 e. The molecule has 1 fully saturated rings. The fraction of sp³-hybridized carbons (Fsp3) is 0.269. The molecule has 4 heterocycles. The lowest BCUT2D eigenvalue weighted by molar-refractivity contribution is 0.102. The lowest BCUT2D eigenvalue weighted by Gasteiger charge is -2.30. The van der Waals surface area contributed by atoms with Gasteiger partial charge in [0.2, 0.25) is 0 Å². The number of benzene rings is 1. The summed E-state index contributed by atoms with van der Waals surface area (Å²) >= 11 is 0. The lowest BCUT2D eigenvalue weighted by atomic mass is 10.0. The number of allylic oxidation sites excluding steroid dienone is 1. The van der Waals surface area contributed by atoms with Crippen molar-refractivity contribution < 1.29 is 4.79 Å². The Balaban J connectivity index is 1.32. The number of aromatic amines is 2. The molecule has 0 spiro atoms. The second-order valence-electron chi connectivity index (χ2n) is 8.60. The number of nitrogens with zero attached hydrogens (tertiary/aromatic N) is 3. The average molecular weight is 441 g/mol. The van der Waals surface area contributed by atoms with E-state index >= 15 is 0 Å². The highest BCUT2D eigenvalue weighted by Crippen LogP contribution is 2.28. The van der Waals surface area contributed by atoms with Crippen LogP contribution in [0, 0.1) is 13.8 Å². The first-order valence-electron chi connectivity index (χ1n) is 11.3. The zero-order valence-corrected chi connectivity index (χ0v) is 19.2. The minimum absolute atomic E-state index is 0.247. The Kier molecular flexibility index (Phi) is 5.46. The second-order valence-corrected chi connectivity index (χ2v) is 8.60. The van der Waals surface area contributed by atoms with Crippen molar-refractivity contribution in [2.45, 2.75) is 33.6 Å². The predicted octanol–water partition coefficient (Wildman–Crippen LogP) is 5.37. The maximum atomic E-state index is 12.6. The van der Waals surface area contributed by atoms with Gasteiger partial charge in [0.15, 0.2) is 5.69 Å². The number of amides is 1. The van der Waals surface area contributed by atoms with E-state index in [0.29, 0.717) is 11.4 Å². The zero-order valence-electron chi connectivity index (χ0n) is 19.2. The SMILES string of the molecule is CC=C1CCN(c2ccc(-c3cc4cc(NC(=O)c5n[nH]c(C)c5C)cnc4[nH]3)cc2)CC1. The summed E-state index contributed by atoms with van der Waals surface area (Å²) in [6.45, 7) is 8.05. The van der Waals surface area contributed by atoms with Crippen LogP contribution in [0.3, 0.4) is 0 Å². The van der Waals surface area contributed by atoms with Gasteiger partial charge in [-0.25, -0.2) is 4.98 Å². The number of piperidine rings is 1. The zero-order chi connectivity index (χ0) is 22.9. The Hall–Kier alpha value is -3.87. The average Bonchev–Trinajstić information content (AvgIpc) is 3.42. The molecule has 0 atom stereocenters. The largest absolute Gasteiger partial charge is 0.371 e. The van der Waals surface area contributed by atoms with Gasteiger partial charge in [0.1, 0.15) is 5.65 Å². The molecule has 1 saturated heterocycles. The molecule has 0 saturated carbocycles. The van der Waals surface area contributed by atoms with Crippen molar-refractivity contribution in [3.8, 4) is 11.3 Å². The number of nitrogens with one attached hydrogen (secondary N) is 3. The number of H-pyrrole nitrogens is 2. The molecule has 0 unspecified atom stereocenters. The molecule has 33 heavy (non-hydrogen) atoms.